The van der Waals surface area contributed by atoms with Crippen LogP contribution in [0.4, 0.5) is 4.79 Å². The van der Waals surface area contributed by atoms with E-state index in [1.54, 1.807) is 60.7 Å². The highest BCUT2D eigenvalue weighted by Gasteiger charge is 2.51. The third-order valence-corrected chi connectivity index (χ3v) is 6.39. The molecule has 2 N–H and O–H groups in total. The molecule has 0 radical (unpaired) electrons. The molecule has 0 aliphatic carbocycles. The van der Waals surface area contributed by atoms with Crippen molar-refractivity contribution in [3.63, 3.8) is 0 Å². The lowest BCUT2D eigenvalue weighted by Gasteiger charge is -2.45. The van der Waals surface area contributed by atoms with E-state index in [1.165, 1.54) is 6.92 Å². The van der Waals surface area contributed by atoms with Crippen LogP contribution in [0.2, 0.25) is 0 Å². The summed E-state index contributed by atoms with van der Waals surface area (Å²) >= 11 is 0. The summed E-state index contributed by atoms with van der Waals surface area (Å²) in [5.41, 5.74) is 1.40. The molecule has 0 spiro atoms. The molecule has 242 valence electrons. The number of hydrogen-bond donors (Lipinski definition) is 2. The minimum Gasteiger partial charge on any atom is -0.459 e. The van der Waals surface area contributed by atoms with Crippen LogP contribution in [0.15, 0.2) is 60.7 Å². The minimum absolute atomic E-state index is 0.0787. The summed E-state index contributed by atoms with van der Waals surface area (Å²) in [6.07, 6.45) is -5.96. The molecule has 0 saturated carbocycles. The number of esters is 3. The van der Waals surface area contributed by atoms with Crippen LogP contribution in [0.1, 0.15) is 38.3 Å². The van der Waals surface area contributed by atoms with E-state index in [2.05, 4.69) is 10.6 Å². The number of ether oxygens (including phenoxy) is 6. The molecule has 6 atom stereocenters. The molecule has 0 bridgehead atoms. The minimum atomic E-state index is -1.44. The molecule has 14 nitrogen and oxygen atoms in total. The van der Waals surface area contributed by atoms with Crippen LogP contribution in [0.25, 0.3) is 0 Å². The van der Waals surface area contributed by atoms with Gasteiger partial charge in [0.2, 0.25) is 5.91 Å². The summed E-state index contributed by atoms with van der Waals surface area (Å²) < 4.78 is 33.2. The Morgan fingerprint density at radius 1 is 0.822 bits per heavy atom. The van der Waals surface area contributed by atoms with E-state index in [1.807, 2.05) is 0 Å². The van der Waals surface area contributed by atoms with Gasteiger partial charge in [-0.2, -0.15) is 0 Å². The highest BCUT2D eigenvalue weighted by molar-refractivity contribution is 5.81. The molecule has 14 heteroatoms. The summed E-state index contributed by atoms with van der Waals surface area (Å²) in [7, 11) is 0. The van der Waals surface area contributed by atoms with Gasteiger partial charge in [0.15, 0.2) is 24.5 Å². The van der Waals surface area contributed by atoms with Crippen LogP contribution in [-0.2, 0) is 65.6 Å². The first-order chi connectivity index (χ1) is 21.6. The second kappa shape index (κ2) is 17.5. The number of carbonyl (C=O) groups is 6. The normalized spacial score (nSPS) is 21.4. The molecule has 1 saturated heterocycles. The van der Waals surface area contributed by atoms with Crippen molar-refractivity contribution >= 4 is 36.2 Å². The average Bonchev–Trinajstić information content (AvgIpc) is 3.00. The quantitative estimate of drug-likeness (QED) is 0.176. The molecule has 1 aliphatic rings. The van der Waals surface area contributed by atoms with Gasteiger partial charge < -0.3 is 43.8 Å². The van der Waals surface area contributed by atoms with Crippen molar-refractivity contribution in [1.29, 1.82) is 0 Å². The molecule has 1 fully saturated rings. The molecule has 2 aromatic carbocycles. The molecule has 1 heterocycles. The summed E-state index contributed by atoms with van der Waals surface area (Å²) in [6, 6.07) is 15.0. The van der Waals surface area contributed by atoms with Crippen molar-refractivity contribution < 1.29 is 57.2 Å². The lowest BCUT2D eigenvalue weighted by molar-refractivity contribution is -0.272. The molecule has 3 rings (SSSR count). The molecule has 0 aromatic heterocycles. The average molecular weight is 629 g/mol. The van der Waals surface area contributed by atoms with E-state index in [0.29, 0.717) is 17.4 Å². The van der Waals surface area contributed by atoms with Crippen molar-refractivity contribution in [2.75, 3.05) is 6.61 Å². The Labute approximate surface area is 259 Å². The molecule has 2 aromatic rings. The number of rotatable bonds is 14. The zero-order chi connectivity index (χ0) is 32.8. The van der Waals surface area contributed by atoms with E-state index in [4.69, 9.17) is 28.4 Å². The maximum atomic E-state index is 13.2. The van der Waals surface area contributed by atoms with Crippen LogP contribution < -0.4 is 10.6 Å². The van der Waals surface area contributed by atoms with Crippen LogP contribution in [0, 0.1) is 0 Å². The van der Waals surface area contributed by atoms with Crippen molar-refractivity contribution in [1.82, 2.24) is 10.6 Å². The van der Waals surface area contributed by atoms with Gasteiger partial charge in [-0.05, 0) is 11.1 Å². The lowest BCUT2D eigenvalue weighted by atomic mass is 9.94. The topological polar surface area (TPSA) is 182 Å². The number of hydrogen-bond acceptors (Lipinski definition) is 12. The molecule has 1 aliphatic heterocycles. The third kappa shape index (κ3) is 11.3. The number of alkyl carbamates (subject to hydrolysis) is 1. The van der Waals surface area contributed by atoms with Gasteiger partial charge in [-0.3, -0.25) is 14.4 Å². The summed E-state index contributed by atoms with van der Waals surface area (Å²) in [5.74, 6) is -2.98. The molecule has 0 unspecified atom stereocenters. The first kappa shape index (κ1) is 34.7. The van der Waals surface area contributed by atoms with Crippen LogP contribution >= 0.6 is 0 Å². The number of amides is 2. The van der Waals surface area contributed by atoms with Gasteiger partial charge in [-0.15, -0.1) is 0 Å². The second-order valence-electron chi connectivity index (χ2n) is 10.0. The Morgan fingerprint density at radius 2 is 1.38 bits per heavy atom. The fraction of sp³-hybridized carbons (Fsp3) is 0.419. The van der Waals surface area contributed by atoms with Gasteiger partial charge in [0, 0.05) is 27.2 Å². The summed E-state index contributed by atoms with van der Waals surface area (Å²) in [5, 5.41) is 4.98. The van der Waals surface area contributed by atoms with Crippen LogP contribution in [-0.4, -0.2) is 79.5 Å². The Morgan fingerprint density at radius 3 is 1.91 bits per heavy atom. The summed E-state index contributed by atoms with van der Waals surface area (Å²) in [4.78, 5) is 73.4. The van der Waals surface area contributed by atoms with Crippen molar-refractivity contribution in [2.45, 2.75) is 77.1 Å². The van der Waals surface area contributed by atoms with Crippen LogP contribution in [0.3, 0.4) is 0 Å². The van der Waals surface area contributed by atoms with Gasteiger partial charge in [-0.25, -0.2) is 9.59 Å². The van der Waals surface area contributed by atoms with Gasteiger partial charge in [0.1, 0.15) is 31.6 Å². The van der Waals surface area contributed by atoms with E-state index in [0.717, 1.165) is 13.8 Å². The molecule has 45 heavy (non-hydrogen) atoms. The highest BCUT2D eigenvalue weighted by atomic mass is 16.7. The van der Waals surface area contributed by atoms with Gasteiger partial charge in [0.05, 0.1) is 6.61 Å². The largest absolute Gasteiger partial charge is 0.459 e. The van der Waals surface area contributed by atoms with Gasteiger partial charge in [-0.1, -0.05) is 60.7 Å². The van der Waals surface area contributed by atoms with Crippen molar-refractivity contribution in [2.24, 2.45) is 0 Å². The van der Waals surface area contributed by atoms with Crippen LogP contribution in [0.5, 0.6) is 0 Å². The molecule has 2 amide bonds. The predicted molar refractivity (Wildman–Crippen MR) is 154 cm³/mol. The van der Waals surface area contributed by atoms with Crippen molar-refractivity contribution in [3.05, 3.63) is 71.8 Å². The van der Waals surface area contributed by atoms with Gasteiger partial charge >= 0.3 is 24.0 Å². The first-order valence-electron chi connectivity index (χ1n) is 14.1. The Hall–Kier alpha value is -4.82. The lowest BCUT2D eigenvalue weighted by Crippen LogP contribution is -2.66. The van der Waals surface area contributed by atoms with E-state index >= 15 is 0 Å². The number of benzene rings is 2. The first-order valence-corrected chi connectivity index (χ1v) is 14.1. The molecular formula is C31H36N2O12. The Bertz CT molecular complexity index is 1310. The van der Waals surface area contributed by atoms with Gasteiger partial charge in [0.25, 0.3) is 0 Å². The Kier molecular flexibility index (Phi) is 13.5. The van der Waals surface area contributed by atoms with E-state index in [9.17, 15) is 28.8 Å². The zero-order valence-electron chi connectivity index (χ0n) is 25.0. The number of aldehydes is 1. The smallest absolute Gasteiger partial charge is 0.408 e. The monoisotopic (exact) mass is 628 g/mol. The van der Waals surface area contributed by atoms with E-state index in [-0.39, 0.29) is 19.6 Å². The number of nitrogens with one attached hydrogen (secondary N) is 2. The number of carbonyl (C=O) groups excluding carboxylic acids is 6. The van der Waals surface area contributed by atoms with Crippen molar-refractivity contribution in [3.8, 4) is 0 Å². The molecular weight excluding hydrogens is 592 g/mol. The summed E-state index contributed by atoms with van der Waals surface area (Å²) in [6.45, 7) is 2.67. The fourth-order valence-electron chi connectivity index (χ4n) is 4.48. The fourth-order valence-corrected chi connectivity index (χ4v) is 4.48. The standard InChI is InChI=1S/C31H36N2O12/c1-19(35)32-26-28(44-21(3)37)27(43-20(2)36)25(14-15-34)45-30(26)41-18-24(29(38)40-16-22-10-6-4-7-11-22)33-31(39)42-17-23-12-8-5-9-13-23/h4-13,15,24-28,30H,14,16-18H2,1-3H3,(H,32,35)(H,33,39)/t24-,25+,26+,27-,28+,30-/m0/s1. The SMILES string of the molecule is CC(=O)N[C@H]1[C@@H](OC[C@H](NC(=O)OCc2ccccc2)C(=O)OCc2ccccc2)O[C@H](CC=O)[C@H](OC(C)=O)[C@@H]1OC(C)=O. The predicted octanol–water partition coefficient (Wildman–Crippen LogP) is 1.72. The zero-order valence-corrected chi connectivity index (χ0v) is 25.0. The second-order valence-corrected chi connectivity index (χ2v) is 10.0. The maximum absolute atomic E-state index is 13.2. The highest BCUT2D eigenvalue weighted by Crippen LogP contribution is 2.29. The van der Waals surface area contributed by atoms with E-state index < -0.39 is 73.2 Å². The maximum Gasteiger partial charge on any atom is 0.408 e. The third-order valence-electron chi connectivity index (χ3n) is 6.39. The Balaban J connectivity index is 1.82.